The lowest BCUT2D eigenvalue weighted by Gasteiger charge is -2.34. The SMILES string of the molecule is CN(C)c1ccc(-c2nnc(N3CCCCC3c3nnn(-c4cccc(Cl)c4)n3)n2C)cc1. The van der Waals surface area contributed by atoms with Crippen molar-refractivity contribution < 1.29 is 0 Å². The third-order valence-corrected chi connectivity index (χ3v) is 6.25. The third-order valence-electron chi connectivity index (χ3n) is 6.02. The molecule has 3 heterocycles. The fourth-order valence-corrected chi connectivity index (χ4v) is 4.42. The molecule has 2 aromatic carbocycles. The molecule has 1 fully saturated rings. The van der Waals surface area contributed by atoms with Gasteiger partial charge in [0.25, 0.3) is 0 Å². The maximum Gasteiger partial charge on any atom is 0.227 e. The number of hydrogen-bond acceptors (Lipinski definition) is 7. The lowest BCUT2D eigenvalue weighted by molar-refractivity contribution is 0.445. The molecule has 4 aromatic rings. The Morgan fingerprint density at radius 3 is 2.58 bits per heavy atom. The van der Waals surface area contributed by atoms with Gasteiger partial charge in [0.15, 0.2) is 11.6 Å². The molecule has 0 N–H and O–H groups in total. The minimum atomic E-state index is -0.0152. The van der Waals surface area contributed by atoms with Crippen LogP contribution in [0.1, 0.15) is 31.1 Å². The molecule has 1 atom stereocenters. The van der Waals surface area contributed by atoms with Crippen molar-refractivity contribution in [1.82, 2.24) is 35.0 Å². The minimum absolute atomic E-state index is 0.0152. The third kappa shape index (κ3) is 4.16. The van der Waals surface area contributed by atoms with Gasteiger partial charge >= 0.3 is 0 Å². The zero-order valence-electron chi connectivity index (χ0n) is 18.9. The Labute approximate surface area is 197 Å². The first-order valence-electron chi connectivity index (χ1n) is 11.0. The van der Waals surface area contributed by atoms with Gasteiger partial charge in [-0.3, -0.25) is 4.57 Å². The van der Waals surface area contributed by atoms with Crippen molar-refractivity contribution in [3.8, 4) is 17.1 Å². The van der Waals surface area contributed by atoms with Crippen LogP contribution in [0.15, 0.2) is 48.5 Å². The zero-order valence-corrected chi connectivity index (χ0v) is 19.7. The molecule has 10 heteroatoms. The van der Waals surface area contributed by atoms with Gasteiger partial charge in [0.1, 0.15) is 0 Å². The van der Waals surface area contributed by atoms with Crippen molar-refractivity contribution in [2.75, 3.05) is 30.4 Å². The van der Waals surface area contributed by atoms with Crippen LogP contribution in [0.4, 0.5) is 11.6 Å². The topological polar surface area (TPSA) is 80.8 Å². The first-order valence-corrected chi connectivity index (χ1v) is 11.4. The lowest BCUT2D eigenvalue weighted by atomic mass is 10.0. The van der Waals surface area contributed by atoms with E-state index in [1.807, 2.05) is 50.0 Å². The highest BCUT2D eigenvalue weighted by molar-refractivity contribution is 6.30. The molecule has 0 aliphatic carbocycles. The summed E-state index contributed by atoms with van der Waals surface area (Å²) in [4.78, 5) is 5.85. The fraction of sp³-hybridized carbons (Fsp3) is 0.348. The first-order chi connectivity index (χ1) is 16.0. The molecular formula is C23H26ClN9. The van der Waals surface area contributed by atoms with Gasteiger partial charge in [-0.2, -0.15) is 0 Å². The van der Waals surface area contributed by atoms with Crippen molar-refractivity contribution in [3.63, 3.8) is 0 Å². The van der Waals surface area contributed by atoms with E-state index in [1.165, 1.54) is 4.80 Å². The van der Waals surface area contributed by atoms with Crippen molar-refractivity contribution in [2.45, 2.75) is 25.3 Å². The highest BCUT2D eigenvalue weighted by Crippen LogP contribution is 2.34. The van der Waals surface area contributed by atoms with E-state index in [9.17, 15) is 0 Å². The van der Waals surface area contributed by atoms with E-state index >= 15 is 0 Å². The number of aromatic nitrogens is 7. The number of nitrogens with zero attached hydrogens (tertiary/aromatic N) is 9. The lowest BCUT2D eigenvalue weighted by Crippen LogP contribution is -2.36. The summed E-state index contributed by atoms with van der Waals surface area (Å²) in [5.41, 5.74) is 2.96. The maximum atomic E-state index is 6.13. The highest BCUT2D eigenvalue weighted by atomic mass is 35.5. The van der Waals surface area contributed by atoms with Crippen LogP contribution < -0.4 is 9.80 Å². The Bertz CT molecular complexity index is 1250. The van der Waals surface area contributed by atoms with E-state index in [0.717, 1.165) is 54.5 Å². The molecular weight excluding hydrogens is 438 g/mol. The molecule has 0 bridgehead atoms. The molecule has 0 amide bonds. The van der Waals surface area contributed by atoms with Gasteiger partial charge in [-0.15, -0.1) is 25.2 Å². The molecule has 170 valence electrons. The normalized spacial score (nSPS) is 16.2. The summed E-state index contributed by atoms with van der Waals surface area (Å²) in [5, 5.41) is 23.0. The summed E-state index contributed by atoms with van der Waals surface area (Å²) < 4.78 is 2.05. The van der Waals surface area contributed by atoms with Crippen LogP contribution in [-0.4, -0.2) is 55.6 Å². The summed E-state index contributed by atoms with van der Waals surface area (Å²) in [6, 6.07) is 15.7. The van der Waals surface area contributed by atoms with Gasteiger partial charge < -0.3 is 9.80 Å². The smallest absolute Gasteiger partial charge is 0.227 e. The number of tetrazole rings is 1. The number of anilines is 2. The van der Waals surface area contributed by atoms with Gasteiger partial charge in [-0.05, 0) is 66.9 Å². The molecule has 0 spiro atoms. The van der Waals surface area contributed by atoms with E-state index in [1.54, 1.807) is 0 Å². The number of piperidine rings is 1. The molecule has 1 aliphatic heterocycles. The second kappa shape index (κ2) is 8.82. The Hall–Kier alpha value is -3.46. The number of benzene rings is 2. The molecule has 1 saturated heterocycles. The fourth-order valence-electron chi connectivity index (χ4n) is 4.24. The standard InChI is InChI=1S/C23H26ClN9/c1-30(2)18-12-10-16(11-13-18)22-26-27-23(31(22)3)32-14-5-4-9-20(32)21-25-29-33(28-21)19-8-6-7-17(24)15-19/h6-8,10-13,15,20H,4-5,9,14H2,1-3H3. The molecule has 9 nitrogen and oxygen atoms in total. The first kappa shape index (κ1) is 21.4. The quantitative estimate of drug-likeness (QED) is 0.443. The van der Waals surface area contributed by atoms with E-state index in [2.05, 4.69) is 59.7 Å². The Morgan fingerprint density at radius 2 is 1.82 bits per heavy atom. The van der Waals surface area contributed by atoms with Gasteiger partial charge in [-0.1, -0.05) is 17.7 Å². The maximum absolute atomic E-state index is 6.13. The monoisotopic (exact) mass is 463 g/mol. The van der Waals surface area contributed by atoms with Gasteiger partial charge in [0.05, 0.1) is 11.7 Å². The molecule has 2 aromatic heterocycles. The van der Waals surface area contributed by atoms with E-state index in [0.29, 0.717) is 10.8 Å². The molecule has 0 saturated carbocycles. The Morgan fingerprint density at radius 1 is 1.00 bits per heavy atom. The number of halogens is 1. The van der Waals surface area contributed by atoms with Crippen LogP contribution >= 0.6 is 11.6 Å². The van der Waals surface area contributed by atoms with Crippen LogP contribution in [0.5, 0.6) is 0 Å². The summed E-state index contributed by atoms with van der Waals surface area (Å²) in [6.45, 7) is 0.863. The number of rotatable bonds is 5. The minimum Gasteiger partial charge on any atom is -0.378 e. The van der Waals surface area contributed by atoms with E-state index < -0.39 is 0 Å². The van der Waals surface area contributed by atoms with Crippen LogP contribution in [0.25, 0.3) is 17.1 Å². The van der Waals surface area contributed by atoms with E-state index in [-0.39, 0.29) is 6.04 Å². The summed E-state index contributed by atoms with van der Waals surface area (Å²) in [7, 11) is 6.07. The molecule has 33 heavy (non-hydrogen) atoms. The van der Waals surface area contributed by atoms with Crippen LogP contribution in [-0.2, 0) is 7.05 Å². The second-order valence-corrected chi connectivity index (χ2v) is 8.88. The van der Waals surface area contributed by atoms with Gasteiger partial charge in [-0.25, -0.2) is 0 Å². The average molecular weight is 464 g/mol. The van der Waals surface area contributed by atoms with E-state index in [4.69, 9.17) is 11.6 Å². The van der Waals surface area contributed by atoms with Crippen molar-refractivity contribution in [2.24, 2.45) is 7.05 Å². The van der Waals surface area contributed by atoms with Crippen LogP contribution in [0, 0.1) is 0 Å². The number of hydrogen-bond donors (Lipinski definition) is 0. The van der Waals surface area contributed by atoms with Crippen LogP contribution in [0.2, 0.25) is 5.02 Å². The predicted molar refractivity (Wildman–Crippen MR) is 129 cm³/mol. The largest absolute Gasteiger partial charge is 0.378 e. The van der Waals surface area contributed by atoms with Crippen LogP contribution in [0.3, 0.4) is 0 Å². The zero-order chi connectivity index (χ0) is 22.9. The van der Waals surface area contributed by atoms with Gasteiger partial charge in [0.2, 0.25) is 5.95 Å². The highest BCUT2D eigenvalue weighted by Gasteiger charge is 2.31. The Balaban J connectivity index is 1.44. The predicted octanol–water partition coefficient (Wildman–Crippen LogP) is 3.91. The summed E-state index contributed by atoms with van der Waals surface area (Å²) in [5.74, 6) is 2.32. The van der Waals surface area contributed by atoms with Crippen molar-refractivity contribution in [1.29, 1.82) is 0 Å². The summed E-state index contributed by atoms with van der Waals surface area (Å²) >= 11 is 6.13. The second-order valence-electron chi connectivity index (χ2n) is 8.45. The summed E-state index contributed by atoms with van der Waals surface area (Å²) in [6.07, 6.45) is 3.11. The molecule has 0 radical (unpaired) electrons. The van der Waals surface area contributed by atoms with Gasteiger partial charge in [0, 0.05) is 44.0 Å². The molecule has 5 rings (SSSR count). The van der Waals surface area contributed by atoms with Crippen molar-refractivity contribution >= 4 is 23.2 Å². The van der Waals surface area contributed by atoms with Crippen molar-refractivity contribution in [3.05, 3.63) is 59.4 Å². The molecule has 1 unspecified atom stereocenters. The average Bonchev–Trinajstić information content (AvgIpc) is 3.46. The Kier molecular flexibility index (Phi) is 5.72. The molecule has 1 aliphatic rings.